The van der Waals surface area contributed by atoms with E-state index < -0.39 is 17.8 Å². The van der Waals surface area contributed by atoms with Crippen LogP contribution in [0, 0.1) is 0 Å². The molecule has 8 nitrogen and oxygen atoms in total. The Kier molecular flexibility index (Phi) is 9.45. The van der Waals surface area contributed by atoms with Crippen LogP contribution in [-0.2, 0) is 30.4 Å². The van der Waals surface area contributed by atoms with Crippen LogP contribution >= 0.6 is 30.8 Å². The molecule has 3 rings (SSSR count). The Morgan fingerprint density at radius 2 is 1.76 bits per heavy atom. The van der Waals surface area contributed by atoms with Gasteiger partial charge in [-0.3, -0.25) is 9.29 Å². The number of likely N-dealkylation sites (N-methyl/N-ethyl adjacent to an activating group) is 1. The number of fused-ring (bicyclic) bond motifs is 1. The monoisotopic (exact) mass is 549 g/mol. The fraction of sp³-hybridized carbons (Fsp3) is 0.455. The number of nitrogens with one attached hydrogen (secondary N) is 2. The van der Waals surface area contributed by atoms with Gasteiger partial charge in [0.25, 0.3) is 10.2 Å². The zero-order valence-corrected chi connectivity index (χ0v) is 22.6. The van der Waals surface area contributed by atoms with E-state index in [-0.39, 0.29) is 31.8 Å². The van der Waals surface area contributed by atoms with Crippen LogP contribution in [0.5, 0.6) is 0 Å². The number of hydrogen-bond acceptors (Lipinski definition) is 6. The van der Waals surface area contributed by atoms with Crippen molar-refractivity contribution in [3.63, 3.8) is 0 Å². The molecule has 2 aromatic rings. The topological polar surface area (TPSA) is 97.0 Å². The standard InChI is InChI=1S/C22H30Cl2N3O5PS/c1-4-31-33(28,32-5-2)11-10-25-34(29,30)26-18-8-6-16(7-9-18)20-14-27(3)15-21-19(20)12-17(23)13-22(21)24/h6-9,12-13,20,25-26H,4-5,10-11,14-15H2,1-3H3. The molecule has 0 saturated carbocycles. The number of anilines is 1. The summed E-state index contributed by atoms with van der Waals surface area (Å²) in [6, 6.07) is 10.9. The van der Waals surface area contributed by atoms with E-state index in [1.165, 1.54) is 0 Å². The number of benzene rings is 2. The Bertz CT molecular complexity index is 1140. The molecule has 1 heterocycles. The Balaban J connectivity index is 1.68. The van der Waals surface area contributed by atoms with Gasteiger partial charge in [-0.05, 0) is 61.9 Å². The van der Waals surface area contributed by atoms with E-state index >= 15 is 0 Å². The summed E-state index contributed by atoms with van der Waals surface area (Å²) < 4.78 is 52.6. The van der Waals surface area contributed by atoms with Crippen LogP contribution in [0.4, 0.5) is 5.69 Å². The summed E-state index contributed by atoms with van der Waals surface area (Å²) in [6.07, 6.45) is -0.0613. The number of nitrogens with zero attached hydrogens (tertiary/aromatic N) is 1. The van der Waals surface area contributed by atoms with Gasteiger partial charge in [-0.1, -0.05) is 35.3 Å². The zero-order chi connectivity index (χ0) is 24.9. The molecule has 0 saturated heterocycles. The van der Waals surface area contributed by atoms with Gasteiger partial charge in [-0.2, -0.15) is 13.1 Å². The first kappa shape index (κ1) is 27.4. The predicted molar refractivity (Wildman–Crippen MR) is 137 cm³/mol. The van der Waals surface area contributed by atoms with Gasteiger partial charge in [0.05, 0.1) is 19.4 Å². The van der Waals surface area contributed by atoms with E-state index in [0.29, 0.717) is 15.7 Å². The molecule has 0 aliphatic carbocycles. The summed E-state index contributed by atoms with van der Waals surface area (Å²) in [5, 5.41) is 1.24. The van der Waals surface area contributed by atoms with Crippen molar-refractivity contribution in [3.05, 3.63) is 63.1 Å². The lowest BCUT2D eigenvalue weighted by Gasteiger charge is -2.33. The Morgan fingerprint density at radius 1 is 1.12 bits per heavy atom. The van der Waals surface area contributed by atoms with Gasteiger partial charge in [-0.15, -0.1) is 0 Å². The van der Waals surface area contributed by atoms with Gasteiger partial charge < -0.3 is 13.9 Å². The number of hydrogen-bond donors (Lipinski definition) is 2. The molecule has 0 aromatic heterocycles. The van der Waals surface area contributed by atoms with Gasteiger partial charge in [0.15, 0.2) is 0 Å². The van der Waals surface area contributed by atoms with Crippen LogP contribution in [0.15, 0.2) is 36.4 Å². The zero-order valence-electron chi connectivity index (χ0n) is 19.4. The number of halogens is 2. The van der Waals surface area contributed by atoms with E-state index in [2.05, 4.69) is 14.3 Å². The van der Waals surface area contributed by atoms with Crippen LogP contribution in [0.1, 0.15) is 36.5 Å². The molecule has 0 amide bonds. The summed E-state index contributed by atoms with van der Waals surface area (Å²) in [4.78, 5) is 2.19. The molecular formula is C22H30Cl2N3O5PS. The molecule has 188 valence electrons. The van der Waals surface area contributed by atoms with Crippen molar-refractivity contribution in [2.24, 2.45) is 0 Å². The normalized spacial score (nSPS) is 16.9. The lowest BCUT2D eigenvalue weighted by Crippen LogP contribution is -2.32. The summed E-state index contributed by atoms with van der Waals surface area (Å²) in [7, 11) is -5.16. The van der Waals surface area contributed by atoms with E-state index in [1.807, 2.05) is 25.2 Å². The van der Waals surface area contributed by atoms with Gasteiger partial charge in [0.2, 0.25) is 0 Å². The van der Waals surface area contributed by atoms with Crippen molar-refractivity contribution in [2.75, 3.05) is 44.2 Å². The molecule has 1 atom stereocenters. The van der Waals surface area contributed by atoms with E-state index in [9.17, 15) is 13.0 Å². The molecule has 34 heavy (non-hydrogen) atoms. The van der Waals surface area contributed by atoms with E-state index in [0.717, 1.165) is 29.8 Å². The average Bonchev–Trinajstić information content (AvgIpc) is 2.74. The number of rotatable bonds is 11. The summed E-state index contributed by atoms with van der Waals surface area (Å²) >= 11 is 12.7. The molecule has 1 aliphatic rings. The molecular weight excluding hydrogens is 520 g/mol. The maximum Gasteiger partial charge on any atom is 0.331 e. The molecule has 12 heteroatoms. The molecule has 1 aliphatic heterocycles. The SMILES string of the molecule is CCOP(=O)(CCNS(=O)(=O)Nc1ccc(C2CN(C)Cc3c(Cl)cc(Cl)cc32)cc1)OCC. The van der Waals surface area contributed by atoms with Crippen molar-refractivity contribution in [1.82, 2.24) is 9.62 Å². The largest absolute Gasteiger partial charge is 0.331 e. The third kappa shape index (κ3) is 7.18. The van der Waals surface area contributed by atoms with Gasteiger partial charge >= 0.3 is 7.60 Å². The van der Waals surface area contributed by atoms with Crippen LogP contribution in [-0.4, -0.2) is 52.8 Å². The quantitative estimate of drug-likeness (QED) is 0.379. The van der Waals surface area contributed by atoms with Gasteiger partial charge in [-0.25, -0.2) is 0 Å². The maximum absolute atomic E-state index is 12.5. The maximum atomic E-state index is 12.5. The molecule has 1 unspecified atom stereocenters. The van der Waals surface area contributed by atoms with Crippen LogP contribution in [0.3, 0.4) is 0 Å². The second kappa shape index (κ2) is 11.7. The van der Waals surface area contributed by atoms with Crippen molar-refractivity contribution in [1.29, 1.82) is 0 Å². The Hall–Kier alpha value is -1.16. The van der Waals surface area contributed by atoms with Crippen LogP contribution in [0.25, 0.3) is 0 Å². The third-order valence-electron chi connectivity index (χ3n) is 5.39. The van der Waals surface area contributed by atoms with Crippen LogP contribution in [0.2, 0.25) is 10.0 Å². The van der Waals surface area contributed by atoms with Crippen LogP contribution < -0.4 is 9.44 Å². The molecule has 0 spiro atoms. The second-order valence-electron chi connectivity index (χ2n) is 8.00. The lowest BCUT2D eigenvalue weighted by atomic mass is 9.85. The lowest BCUT2D eigenvalue weighted by molar-refractivity contribution is 0.220. The Labute approximate surface area is 211 Å². The molecule has 2 aromatic carbocycles. The smallest absolute Gasteiger partial charge is 0.309 e. The van der Waals surface area contributed by atoms with Crippen molar-refractivity contribution < 1.29 is 22.0 Å². The first-order valence-corrected chi connectivity index (χ1v) is 14.9. The first-order chi connectivity index (χ1) is 16.1. The van der Waals surface area contributed by atoms with Crippen molar-refractivity contribution in [3.8, 4) is 0 Å². The third-order valence-corrected chi connectivity index (χ3v) is 9.11. The highest BCUT2D eigenvalue weighted by atomic mass is 35.5. The molecule has 0 bridgehead atoms. The minimum absolute atomic E-state index is 0.0556. The second-order valence-corrected chi connectivity index (χ2v) is 12.5. The van der Waals surface area contributed by atoms with Crippen molar-refractivity contribution >= 4 is 46.7 Å². The average molecular weight is 550 g/mol. The van der Waals surface area contributed by atoms with Gasteiger partial charge in [0.1, 0.15) is 0 Å². The Morgan fingerprint density at radius 3 is 2.38 bits per heavy atom. The summed E-state index contributed by atoms with van der Waals surface area (Å²) in [6.45, 7) is 5.28. The van der Waals surface area contributed by atoms with Gasteiger partial charge in [0, 0.05) is 41.3 Å². The summed E-state index contributed by atoms with van der Waals surface area (Å²) in [5.74, 6) is 0.0556. The fourth-order valence-corrected chi connectivity index (χ4v) is 7.10. The predicted octanol–water partition coefficient (Wildman–Crippen LogP) is 5.08. The highest BCUT2D eigenvalue weighted by molar-refractivity contribution is 7.90. The minimum atomic E-state index is -3.87. The van der Waals surface area contributed by atoms with E-state index in [1.54, 1.807) is 32.0 Å². The molecule has 2 N–H and O–H groups in total. The highest BCUT2D eigenvalue weighted by Gasteiger charge is 2.27. The fourth-order valence-electron chi connectivity index (χ4n) is 3.98. The minimum Gasteiger partial charge on any atom is -0.309 e. The highest BCUT2D eigenvalue weighted by Crippen LogP contribution is 2.47. The molecule has 0 radical (unpaired) electrons. The first-order valence-electron chi connectivity index (χ1n) is 11.0. The van der Waals surface area contributed by atoms with E-state index in [4.69, 9.17) is 32.2 Å². The molecule has 0 fully saturated rings. The summed E-state index contributed by atoms with van der Waals surface area (Å²) in [5.41, 5.74) is 3.56. The van der Waals surface area contributed by atoms with Crippen molar-refractivity contribution in [2.45, 2.75) is 26.3 Å².